The molecule has 2 aromatic rings. The molecule has 24 heavy (non-hydrogen) atoms. The number of carbonyl (C=O) groups is 1. The van der Waals surface area contributed by atoms with Crippen LogP contribution in [-0.4, -0.2) is 24.0 Å². The first-order valence-corrected chi connectivity index (χ1v) is 7.31. The van der Waals surface area contributed by atoms with Gasteiger partial charge in [-0.15, -0.1) is 0 Å². The zero-order valence-corrected chi connectivity index (χ0v) is 13.6. The number of non-ortho nitro benzene ring substituents is 1. The number of methoxy groups -OCH3 is 1. The number of amides is 1. The molecule has 0 atom stereocenters. The first kappa shape index (κ1) is 17.3. The maximum absolute atomic E-state index is 12.4. The molecule has 1 amide bonds. The molecule has 2 rings (SSSR count). The van der Waals surface area contributed by atoms with Gasteiger partial charge >= 0.3 is 0 Å². The Labute approximate surface area is 139 Å². The minimum Gasteiger partial charge on any atom is -0.495 e. The molecule has 0 spiro atoms. The van der Waals surface area contributed by atoms with E-state index in [2.05, 4.69) is 5.32 Å². The van der Waals surface area contributed by atoms with E-state index in [1.54, 1.807) is 24.3 Å². The molecule has 2 aromatic carbocycles. The Morgan fingerprint density at radius 2 is 1.96 bits per heavy atom. The molecule has 0 fully saturated rings. The van der Waals surface area contributed by atoms with Crippen LogP contribution < -0.4 is 14.8 Å². The summed E-state index contributed by atoms with van der Waals surface area (Å²) in [6.07, 6.45) is -0.0137. The smallest absolute Gasteiger partial charge is 0.271 e. The molecule has 0 aliphatic rings. The van der Waals surface area contributed by atoms with E-state index < -0.39 is 10.8 Å². The number of nitro benzene ring substituents is 1. The van der Waals surface area contributed by atoms with Crippen molar-refractivity contribution in [1.82, 2.24) is 0 Å². The second kappa shape index (κ2) is 7.45. The van der Waals surface area contributed by atoms with Crippen molar-refractivity contribution in [2.45, 2.75) is 20.0 Å². The Kier molecular flexibility index (Phi) is 5.36. The molecule has 126 valence electrons. The summed E-state index contributed by atoms with van der Waals surface area (Å²) in [5.74, 6) is 0.496. The van der Waals surface area contributed by atoms with E-state index in [0.29, 0.717) is 17.1 Å². The van der Waals surface area contributed by atoms with Gasteiger partial charge < -0.3 is 14.8 Å². The van der Waals surface area contributed by atoms with Crippen molar-refractivity contribution in [3.8, 4) is 11.5 Å². The highest BCUT2D eigenvalue weighted by molar-refractivity contribution is 6.05. The first-order valence-electron chi connectivity index (χ1n) is 7.31. The predicted octanol–water partition coefficient (Wildman–Crippen LogP) is 3.64. The average molecular weight is 330 g/mol. The lowest BCUT2D eigenvalue weighted by Crippen LogP contribution is -2.13. The highest BCUT2D eigenvalue weighted by Gasteiger charge is 2.15. The van der Waals surface area contributed by atoms with E-state index in [1.807, 2.05) is 13.8 Å². The van der Waals surface area contributed by atoms with Crippen LogP contribution in [0.5, 0.6) is 11.5 Å². The molecule has 7 nitrogen and oxygen atoms in total. The summed E-state index contributed by atoms with van der Waals surface area (Å²) in [6.45, 7) is 3.78. The number of carbonyl (C=O) groups excluding carboxylic acids is 1. The maximum atomic E-state index is 12.4. The van der Waals surface area contributed by atoms with Gasteiger partial charge in [0.1, 0.15) is 11.5 Å². The van der Waals surface area contributed by atoms with Crippen LogP contribution in [0.25, 0.3) is 0 Å². The van der Waals surface area contributed by atoms with Crippen LogP contribution >= 0.6 is 0 Å². The van der Waals surface area contributed by atoms with E-state index in [9.17, 15) is 14.9 Å². The molecule has 7 heteroatoms. The molecule has 0 aromatic heterocycles. The van der Waals surface area contributed by atoms with Gasteiger partial charge in [-0.1, -0.05) is 6.07 Å². The van der Waals surface area contributed by atoms with Gasteiger partial charge in [0.15, 0.2) is 0 Å². The van der Waals surface area contributed by atoms with Crippen LogP contribution in [0.15, 0.2) is 42.5 Å². The number of benzene rings is 2. The van der Waals surface area contributed by atoms with Crippen molar-refractivity contribution in [1.29, 1.82) is 0 Å². The summed E-state index contributed by atoms with van der Waals surface area (Å²) in [5.41, 5.74) is 0.469. The van der Waals surface area contributed by atoms with Gasteiger partial charge in [0.25, 0.3) is 11.6 Å². The van der Waals surface area contributed by atoms with Crippen LogP contribution in [0.4, 0.5) is 11.4 Å². The molecule has 0 aliphatic carbocycles. The fraction of sp³-hybridized carbons (Fsp3) is 0.235. The minimum atomic E-state index is -0.536. The average Bonchev–Trinajstić information content (AvgIpc) is 2.54. The van der Waals surface area contributed by atoms with Crippen molar-refractivity contribution in [2.75, 3.05) is 12.4 Å². The zero-order valence-electron chi connectivity index (χ0n) is 13.6. The largest absolute Gasteiger partial charge is 0.495 e. The minimum absolute atomic E-state index is 0.0137. The number of ether oxygens (including phenoxy) is 2. The third-order valence-electron chi connectivity index (χ3n) is 3.11. The molecule has 0 unspecified atom stereocenters. The van der Waals surface area contributed by atoms with E-state index in [0.717, 1.165) is 0 Å². The Hall–Kier alpha value is -3.09. The summed E-state index contributed by atoms with van der Waals surface area (Å²) in [5, 5.41) is 13.5. The van der Waals surface area contributed by atoms with Crippen molar-refractivity contribution in [2.24, 2.45) is 0 Å². The summed E-state index contributed by atoms with van der Waals surface area (Å²) in [7, 11) is 1.42. The second-order valence-electron chi connectivity index (χ2n) is 5.29. The van der Waals surface area contributed by atoms with E-state index >= 15 is 0 Å². The highest BCUT2D eigenvalue weighted by atomic mass is 16.6. The van der Waals surface area contributed by atoms with Crippen LogP contribution in [0.3, 0.4) is 0 Å². The van der Waals surface area contributed by atoms with Crippen LogP contribution in [0, 0.1) is 10.1 Å². The lowest BCUT2D eigenvalue weighted by molar-refractivity contribution is -0.384. The van der Waals surface area contributed by atoms with Crippen LogP contribution in [0.1, 0.15) is 24.2 Å². The lowest BCUT2D eigenvalue weighted by atomic mass is 10.2. The van der Waals surface area contributed by atoms with Crippen molar-refractivity contribution >= 4 is 17.3 Å². The Bertz CT molecular complexity index is 758. The lowest BCUT2D eigenvalue weighted by Gasteiger charge is -2.12. The van der Waals surface area contributed by atoms with Gasteiger partial charge in [-0.2, -0.15) is 0 Å². The van der Waals surface area contributed by atoms with Crippen molar-refractivity contribution in [3.05, 3.63) is 58.1 Å². The van der Waals surface area contributed by atoms with Gasteiger partial charge in [-0.25, -0.2) is 0 Å². The fourth-order valence-corrected chi connectivity index (χ4v) is 2.08. The Morgan fingerprint density at radius 3 is 2.58 bits per heavy atom. The number of rotatable bonds is 6. The van der Waals surface area contributed by atoms with Gasteiger partial charge in [0.2, 0.25) is 0 Å². The summed E-state index contributed by atoms with van der Waals surface area (Å²) in [6, 6.07) is 10.7. The number of hydrogen-bond acceptors (Lipinski definition) is 5. The summed E-state index contributed by atoms with van der Waals surface area (Å²) >= 11 is 0. The normalized spacial score (nSPS) is 10.3. The topological polar surface area (TPSA) is 90.7 Å². The molecule has 0 bridgehead atoms. The van der Waals surface area contributed by atoms with Gasteiger partial charge in [-0.05, 0) is 38.1 Å². The van der Waals surface area contributed by atoms with Crippen molar-refractivity contribution in [3.63, 3.8) is 0 Å². The van der Waals surface area contributed by atoms with Crippen LogP contribution in [-0.2, 0) is 0 Å². The zero-order chi connectivity index (χ0) is 17.7. The van der Waals surface area contributed by atoms with E-state index in [-0.39, 0.29) is 17.5 Å². The molecule has 1 N–H and O–H groups in total. The molecular formula is C17H18N2O5. The number of anilines is 1. The fourth-order valence-electron chi connectivity index (χ4n) is 2.08. The standard InChI is InChI=1S/C17H18N2O5/c1-11(2)24-14-6-4-5-12(9-14)17(20)18-15-10-13(19(21)22)7-8-16(15)23-3/h4-11H,1-3H3,(H,18,20). The summed E-state index contributed by atoms with van der Waals surface area (Å²) in [4.78, 5) is 22.8. The Balaban J connectivity index is 2.26. The SMILES string of the molecule is COc1ccc([N+](=O)[O-])cc1NC(=O)c1cccc(OC(C)C)c1. The maximum Gasteiger partial charge on any atom is 0.271 e. The van der Waals surface area contributed by atoms with Gasteiger partial charge in [0, 0.05) is 17.7 Å². The number of nitrogens with zero attached hydrogens (tertiary/aromatic N) is 1. The van der Waals surface area contributed by atoms with E-state index in [1.165, 1.54) is 25.3 Å². The highest BCUT2D eigenvalue weighted by Crippen LogP contribution is 2.29. The molecule has 0 heterocycles. The van der Waals surface area contributed by atoms with Gasteiger partial charge in [-0.3, -0.25) is 14.9 Å². The van der Waals surface area contributed by atoms with Crippen molar-refractivity contribution < 1.29 is 19.2 Å². The van der Waals surface area contributed by atoms with E-state index in [4.69, 9.17) is 9.47 Å². The molecule has 0 radical (unpaired) electrons. The van der Waals surface area contributed by atoms with Crippen LogP contribution in [0.2, 0.25) is 0 Å². The number of nitrogens with one attached hydrogen (secondary N) is 1. The third-order valence-corrected chi connectivity index (χ3v) is 3.11. The quantitative estimate of drug-likeness (QED) is 0.645. The number of nitro groups is 1. The number of hydrogen-bond donors (Lipinski definition) is 1. The third kappa shape index (κ3) is 4.22. The second-order valence-corrected chi connectivity index (χ2v) is 5.29. The molecule has 0 saturated carbocycles. The predicted molar refractivity (Wildman–Crippen MR) is 89.8 cm³/mol. The molecule has 0 aliphatic heterocycles. The summed E-state index contributed by atoms with van der Waals surface area (Å²) < 4.78 is 10.7. The first-order chi connectivity index (χ1) is 11.4. The molecule has 0 saturated heterocycles. The van der Waals surface area contributed by atoms with Gasteiger partial charge in [0.05, 0.1) is 23.8 Å². The monoisotopic (exact) mass is 330 g/mol. The molecular weight excluding hydrogens is 312 g/mol. The Morgan fingerprint density at radius 1 is 1.21 bits per heavy atom.